The van der Waals surface area contributed by atoms with Crippen molar-refractivity contribution in [3.05, 3.63) is 70.6 Å². The van der Waals surface area contributed by atoms with Crippen LogP contribution in [-0.4, -0.2) is 17.1 Å². The lowest BCUT2D eigenvalue weighted by Crippen LogP contribution is -1.96. The van der Waals surface area contributed by atoms with Gasteiger partial charge in [-0.2, -0.15) is 0 Å². The number of H-pyrrole nitrogens is 1. The molecule has 0 saturated heterocycles. The van der Waals surface area contributed by atoms with Gasteiger partial charge in [0.25, 0.3) is 0 Å². The molecule has 0 aliphatic heterocycles. The van der Waals surface area contributed by atoms with Crippen LogP contribution in [-0.2, 0) is 18.0 Å². The van der Waals surface area contributed by atoms with Gasteiger partial charge in [-0.15, -0.1) is 0 Å². The van der Waals surface area contributed by atoms with Gasteiger partial charge >= 0.3 is 0 Å². The number of hydrogen-bond acceptors (Lipinski definition) is 4. The van der Waals surface area contributed by atoms with E-state index in [0.717, 1.165) is 37.8 Å². The molecule has 0 fully saturated rings. The molecule has 0 spiro atoms. The minimum Gasteiger partial charge on any atom is -0.497 e. The molecule has 0 radical (unpaired) electrons. The molecule has 1 N–H and O–H groups in total. The third-order valence-corrected chi connectivity index (χ3v) is 5.23. The minimum atomic E-state index is 0.342. The molecular formula is C21H23ClN2O2S. The van der Waals surface area contributed by atoms with E-state index in [1.165, 1.54) is 0 Å². The van der Waals surface area contributed by atoms with E-state index in [1.54, 1.807) is 18.9 Å². The smallest absolute Gasteiger partial charge is 0.133 e. The Morgan fingerprint density at radius 3 is 2.56 bits per heavy atom. The Morgan fingerprint density at radius 2 is 1.89 bits per heavy atom. The highest BCUT2D eigenvalue weighted by molar-refractivity contribution is 7.99. The molecule has 3 rings (SSSR count). The van der Waals surface area contributed by atoms with Gasteiger partial charge in [0.2, 0.25) is 0 Å². The lowest BCUT2D eigenvalue weighted by atomic mass is 10.2. The van der Waals surface area contributed by atoms with Crippen LogP contribution in [0.3, 0.4) is 0 Å². The number of aromatic nitrogens is 2. The lowest BCUT2D eigenvalue weighted by molar-refractivity contribution is 0.102. The average Bonchev–Trinajstić information content (AvgIpc) is 3.05. The van der Waals surface area contributed by atoms with Gasteiger partial charge in [-0.3, -0.25) is 0 Å². The molecule has 0 bridgehead atoms. The molecule has 1 heterocycles. The minimum absolute atomic E-state index is 0.342. The SMILES string of the molecule is COc1ccc(COCc2nc(Sc3cccc(Cl)c3)c(C(C)C)[nH]2)cc1. The van der Waals surface area contributed by atoms with Crippen molar-refractivity contribution in [2.24, 2.45) is 0 Å². The maximum Gasteiger partial charge on any atom is 0.133 e. The summed E-state index contributed by atoms with van der Waals surface area (Å²) < 4.78 is 11.0. The molecule has 142 valence electrons. The second-order valence-corrected chi connectivity index (χ2v) is 7.96. The van der Waals surface area contributed by atoms with Gasteiger partial charge in [-0.1, -0.05) is 55.4 Å². The van der Waals surface area contributed by atoms with Gasteiger partial charge in [0.15, 0.2) is 0 Å². The van der Waals surface area contributed by atoms with Gasteiger partial charge in [0, 0.05) is 9.92 Å². The fourth-order valence-corrected chi connectivity index (χ4v) is 3.95. The van der Waals surface area contributed by atoms with Crippen LogP contribution in [0.4, 0.5) is 0 Å². The maximum atomic E-state index is 6.09. The van der Waals surface area contributed by atoms with Crippen molar-refractivity contribution in [2.75, 3.05) is 7.11 Å². The van der Waals surface area contributed by atoms with E-state index in [-0.39, 0.29) is 0 Å². The average molecular weight is 403 g/mol. The Balaban J connectivity index is 1.65. The summed E-state index contributed by atoms with van der Waals surface area (Å²) in [5.74, 6) is 2.01. The van der Waals surface area contributed by atoms with Crippen LogP contribution in [0, 0.1) is 0 Å². The Kier molecular flexibility index (Phi) is 6.83. The van der Waals surface area contributed by atoms with Crippen molar-refractivity contribution in [3.8, 4) is 5.75 Å². The highest BCUT2D eigenvalue weighted by atomic mass is 35.5. The number of aromatic amines is 1. The Hall–Kier alpha value is -1.95. The van der Waals surface area contributed by atoms with Crippen LogP contribution >= 0.6 is 23.4 Å². The molecule has 0 aliphatic carbocycles. The molecule has 1 aromatic heterocycles. The summed E-state index contributed by atoms with van der Waals surface area (Å²) >= 11 is 7.71. The normalized spacial score (nSPS) is 11.1. The molecule has 0 aliphatic rings. The van der Waals surface area contributed by atoms with E-state index >= 15 is 0 Å². The number of ether oxygens (including phenoxy) is 2. The second-order valence-electron chi connectivity index (χ2n) is 6.46. The third-order valence-electron chi connectivity index (χ3n) is 4.00. The Bertz CT molecular complexity index is 878. The molecular weight excluding hydrogens is 380 g/mol. The fourth-order valence-electron chi connectivity index (χ4n) is 2.59. The summed E-state index contributed by atoms with van der Waals surface area (Å²) in [6.07, 6.45) is 0. The van der Waals surface area contributed by atoms with Crippen LogP contribution < -0.4 is 4.74 Å². The molecule has 0 atom stereocenters. The van der Waals surface area contributed by atoms with Gasteiger partial charge in [0.1, 0.15) is 23.2 Å². The number of imidazole rings is 1. The Labute approximate surface area is 169 Å². The van der Waals surface area contributed by atoms with Crippen molar-refractivity contribution >= 4 is 23.4 Å². The standard InChI is InChI=1S/C21H23ClN2O2S/c1-14(2)20-21(27-18-6-4-5-16(22)11-18)24-19(23-20)13-26-12-15-7-9-17(25-3)10-8-15/h4-11,14H,12-13H2,1-3H3,(H,23,24). The quantitative estimate of drug-likeness (QED) is 0.497. The van der Waals surface area contributed by atoms with E-state index in [2.05, 4.69) is 18.8 Å². The summed E-state index contributed by atoms with van der Waals surface area (Å²) in [5, 5.41) is 1.69. The first-order chi connectivity index (χ1) is 13.0. The Morgan fingerprint density at radius 1 is 1.11 bits per heavy atom. The van der Waals surface area contributed by atoms with E-state index in [1.807, 2.05) is 48.5 Å². The number of benzene rings is 2. The van der Waals surface area contributed by atoms with Crippen LogP contribution in [0.2, 0.25) is 5.02 Å². The summed E-state index contributed by atoms with van der Waals surface area (Å²) in [7, 11) is 1.66. The highest BCUT2D eigenvalue weighted by Gasteiger charge is 2.15. The van der Waals surface area contributed by atoms with Crippen molar-refractivity contribution in [1.29, 1.82) is 0 Å². The summed E-state index contributed by atoms with van der Waals surface area (Å²) in [6, 6.07) is 15.7. The van der Waals surface area contributed by atoms with Crippen molar-refractivity contribution in [1.82, 2.24) is 9.97 Å². The lowest BCUT2D eigenvalue weighted by Gasteiger charge is -2.05. The van der Waals surface area contributed by atoms with E-state index in [0.29, 0.717) is 19.1 Å². The van der Waals surface area contributed by atoms with Crippen LogP contribution in [0.15, 0.2) is 58.5 Å². The van der Waals surface area contributed by atoms with Gasteiger partial charge in [-0.05, 0) is 41.8 Å². The molecule has 27 heavy (non-hydrogen) atoms. The molecule has 4 nitrogen and oxygen atoms in total. The second kappa shape index (κ2) is 9.31. The van der Waals surface area contributed by atoms with Crippen molar-refractivity contribution < 1.29 is 9.47 Å². The highest BCUT2D eigenvalue weighted by Crippen LogP contribution is 2.33. The third kappa shape index (κ3) is 5.51. The zero-order valence-electron chi connectivity index (χ0n) is 15.7. The molecule has 0 unspecified atom stereocenters. The summed E-state index contributed by atoms with van der Waals surface area (Å²) in [6.45, 7) is 5.26. The van der Waals surface area contributed by atoms with Crippen molar-refractivity contribution in [3.63, 3.8) is 0 Å². The van der Waals surface area contributed by atoms with Crippen LogP contribution in [0.1, 0.15) is 36.8 Å². The summed E-state index contributed by atoms with van der Waals surface area (Å²) in [4.78, 5) is 9.22. The molecule has 0 saturated carbocycles. The predicted octanol–water partition coefficient (Wildman–Crippen LogP) is 6.06. The number of hydrogen-bond donors (Lipinski definition) is 1. The zero-order valence-corrected chi connectivity index (χ0v) is 17.2. The molecule has 6 heteroatoms. The monoisotopic (exact) mass is 402 g/mol. The number of nitrogens with zero attached hydrogens (tertiary/aromatic N) is 1. The summed E-state index contributed by atoms with van der Waals surface area (Å²) in [5.41, 5.74) is 2.21. The number of halogens is 1. The van der Waals surface area contributed by atoms with Gasteiger partial charge in [-0.25, -0.2) is 4.98 Å². The van der Waals surface area contributed by atoms with Crippen molar-refractivity contribution in [2.45, 2.75) is 42.9 Å². The predicted molar refractivity (Wildman–Crippen MR) is 110 cm³/mol. The van der Waals surface area contributed by atoms with E-state index < -0.39 is 0 Å². The van der Waals surface area contributed by atoms with E-state index in [4.69, 9.17) is 26.1 Å². The number of nitrogens with one attached hydrogen (secondary N) is 1. The largest absolute Gasteiger partial charge is 0.497 e. The first-order valence-corrected chi connectivity index (χ1v) is 9.97. The maximum absolute atomic E-state index is 6.09. The fraction of sp³-hybridized carbons (Fsp3) is 0.286. The number of methoxy groups -OCH3 is 1. The first-order valence-electron chi connectivity index (χ1n) is 8.78. The molecule has 0 amide bonds. The number of rotatable bonds is 8. The first kappa shape index (κ1) is 19.8. The van der Waals surface area contributed by atoms with Gasteiger partial charge in [0.05, 0.1) is 19.4 Å². The molecule has 3 aromatic rings. The molecule has 2 aromatic carbocycles. The van der Waals surface area contributed by atoms with E-state index in [9.17, 15) is 0 Å². The van der Waals surface area contributed by atoms with Gasteiger partial charge < -0.3 is 14.5 Å². The van der Waals surface area contributed by atoms with Crippen LogP contribution in [0.25, 0.3) is 0 Å². The zero-order chi connectivity index (χ0) is 19.2. The topological polar surface area (TPSA) is 47.1 Å². The van der Waals surface area contributed by atoms with Crippen LogP contribution in [0.5, 0.6) is 5.75 Å².